The lowest BCUT2D eigenvalue weighted by Crippen LogP contribution is -2.38. The minimum Gasteiger partial charge on any atom is -0.346 e. The number of thioether (sulfide) groups is 1. The molecular formula is C15H18N2OS2. The summed E-state index contributed by atoms with van der Waals surface area (Å²) in [7, 11) is 0. The van der Waals surface area contributed by atoms with Crippen LogP contribution in [0.15, 0.2) is 41.4 Å². The van der Waals surface area contributed by atoms with Crippen LogP contribution in [0.4, 0.5) is 0 Å². The Morgan fingerprint density at radius 2 is 2.00 bits per heavy atom. The molecule has 106 valence electrons. The maximum Gasteiger partial charge on any atom is 0.225 e. The van der Waals surface area contributed by atoms with Crippen LogP contribution < -0.4 is 0 Å². The zero-order valence-corrected chi connectivity index (χ0v) is 12.9. The first kappa shape index (κ1) is 13.8. The van der Waals surface area contributed by atoms with E-state index in [4.69, 9.17) is 0 Å². The number of carbonyl (C=O) groups excluding carboxylic acids is 1. The Labute approximate surface area is 127 Å². The third kappa shape index (κ3) is 3.10. The first-order chi connectivity index (χ1) is 9.84. The second-order valence-corrected chi connectivity index (χ2v) is 6.90. The second-order valence-electron chi connectivity index (χ2n) is 4.90. The van der Waals surface area contributed by atoms with E-state index in [0.717, 1.165) is 24.6 Å². The lowest BCUT2D eigenvalue weighted by atomic mass is 10.1. The normalized spacial score (nSPS) is 17.1. The van der Waals surface area contributed by atoms with Crippen LogP contribution in [-0.2, 0) is 4.79 Å². The van der Waals surface area contributed by atoms with Crippen molar-refractivity contribution < 1.29 is 4.79 Å². The minimum absolute atomic E-state index is 0.123. The van der Waals surface area contributed by atoms with Gasteiger partial charge in [0.25, 0.3) is 0 Å². The third-order valence-electron chi connectivity index (χ3n) is 3.65. The number of amides is 1. The molecule has 1 fully saturated rings. The fourth-order valence-corrected chi connectivity index (χ4v) is 4.13. The monoisotopic (exact) mass is 306 g/mol. The Bertz CT molecular complexity index is 496. The Balaban J connectivity index is 1.75. The molecule has 1 amide bonds. The molecule has 0 radical (unpaired) electrons. The molecule has 20 heavy (non-hydrogen) atoms. The molecule has 0 N–H and O–H groups in total. The average molecular weight is 306 g/mol. The summed E-state index contributed by atoms with van der Waals surface area (Å²) >= 11 is 3.62. The van der Waals surface area contributed by atoms with Crippen molar-refractivity contribution in [1.29, 1.82) is 0 Å². The van der Waals surface area contributed by atoms with Crippen LogP contribution in [0, 0.1) is 0 Å². The van der Waals surface area contributed by atoms with Crippen molar-refractivity contribution in [2.75, 3.05) is 24.6 Å². The van der Waals surface area contributed by atoms with E-state index in [1.54, 1.807) is 11.3 Å². The second kappa shape index (κ2) is 6.50. The maximum absolute atomic E-state index is 12.5. The van der Waals surface area contributed by atoms with Crippen molar-refractivity contribution in [2.45, 2.75) is 12.5 Å². The highest BCUT2D eigenvalue weighted by atomic mass is 32.2. The molecule has 0 aliphatic carbocycles. The highest BCUT2D eigenvalue weighted by Crippen LogP contribution is 2.25. The lowest BCUT2D eigenvalue weighted by molar-refractivity contribution is -0.131. The molecule has 1 aliphatic rings. The number of rotatable bonds is 4. The summed E-state index contributed by atoms with van der Waals surface area (Å²) in [5.41, 5.74) is 1.23. The SMILES string of the molecule is O=C(CC(c1ccsc1)n1cccc1)N1CCSCC1. The maximum atomic E-state index is 12.5. The lowest BCUT2D eigenvalue weighted by Gasteiger charge is -2.28. The molecule has 1 saturated heterocycles. The molecule has 1 aliphatic heterocycles. The average Bonchev–Trinajstić information content (AvgIpc) is 3.19. The van der Waals surface area contributed by atoms with Crippen LogP contribution in [0.1, 0.15) is 18.0 Å². The summed E-state index contributed by atoms with van der Waals surface area (Å²) in [4.78, 5) is 14.5. The number of hydrogen-bond acceptors (Lipinski definition) is 3. The van der Waals surface area contributed by atoms with Crippen LogP contribution in [0.5, 0.6) is 0 Å². The fourth-order valence-electron chi connectivity index (χ4n) is 2.52. The van der Waals surface area contributed by atoms with Gasteiger partial charge in [-0.3, -0.25) is 4.79 Å². The molecule has 2 aromatic heterocycles. The molecule has 3 nitrogen and oxygen atoms in total. The van der Waals surface area contributed by atoms with Crippen molar-refractivity contribution in [3.8, 4) is 0 Å². The van der Waals surface area contributed by atoms with Crippen LogP contribution in [0.3, 0.4) is 0 Å². The number of nitrogens with zero attached hydrogens (tertiary/aromatic N) is 2. The smallest absolute Gasteiger partial charge is 0.225 e. The van der Waals surface area contributed by atoms with Crippen molar-refractivity contribution in [3.05, 3.63) is 46.9 Å². The highest BCUT2D eigenvalue weighted by Gasteiger charge is 2.23. The van der Waals surface area contributed by atoms with Crippen LogP contribution >= 0.6 is 23.1 Å². The number of aromatic nitrogens is 1. The van der Waals surface area contributed by atoms with E-state index >= 15 is 0 Å². The summed E-state index contributed by atoms with van der Waals surface area (Å²) in [6.07, 6.45) is 4.64. The van der Waals surface area contributed by atoms with Gasteiger partial charge in [0.1, 0.15) is 0 Å². The van der Waals surface area contributed by atoms with E-state index in [0.29, 0.717) is 6.42 Å². The summed E-state index contributed by atoms with van der Waals surface area (Å²) in [5, 5.41) is 4.22. The van der Waals surface area contributed by atoms with Crippen molar-refractivity contribution in [3.63, 3.8) is 0 Å². The Hall–Kier alpha value is -1.20. The van der Waals surface area contributed by atoms with E-state index in [9.17, 15) is 4.79 Å². The molecule has 0 saturated carbocycles. The van der Waals surface area contributed by atoms with Crippen LogP contribution in [0.2, 0.25) is 0 Å². The summed E-state index contributed by atoms with van der Waals surface area (Å²) in [6, 6.07) is 6.27. The standard InChI is InChI=1S/C15H18N2OS2/c18-15(17-6-9-19-10-7-17)11-14(13-3-8-20-12-13)16-4-1-2-5-16/h1-5,8,12,14H,6-7,9-11H2. The molecular weight excluding hydrogens is 288 g/mol. The van der Waals surface area contributed by atoms with Gasteiger partial charge in [-0.15, -0.1) is 0 Å². The van der Waals surface area contributed by atoms with Gasteiger partial charge in [-0.2, -0.15) is 23.1 Å². The number of carbonyl (C=O) groups is 1. The van der Waals surface area contributed by atoms with Gasteiger partial charge < -0.3 is 9.47 Å². The van der Waals surface area contributed by atoms with E-state index < -0.39 is 0 Å². The molecule has 1 atom stereocenters. The minimum atomic E-state index is 0.123. The molecule has 0 spiro atoms. The van der Waals surface area contributed by atoms with E-state index in [1.807, 2.05) is 41.2 Å². The predicted octanol–water partition coefficient (Wildman–Crippen LogP) is 3.10. The first-order valence-corrected chi connectivity index (χ1v) is 8.94. The quantitative estimate of drug-likeness (QED) is 0.867. The number of hydrogen-bond donors (Lipinski definition) is 0. The molecule has 3 rings (SSSR count). The zero-order chi connectivity index (χ0) is 13.8. The third-order valence-corrected chi connectivity index (χ3v) is 5.29. The van der Waals surface area contributed by atoms with Gasteiger partial charge >= 0.3 is 0 Å². The van der Waals surface area contributed by atoms with Gasteiger partial charge in [0.05, 0.1) is 12.5 Å². The van der Waals surface area contributed by atoms with E-state index in [1.165, 1.54) is 5.56 Å². The molecule has 2 aromatic rings. The Morgan fingerprint density at radius 3 is 2.65 bits per heavy atom. The van der Waals surface area contributed by atoms with Gasteiger partial charge in [0.15, 0.2) is 0 Å². The topological polar surface area (TPSA) is 25.2 Å². The summed E-state index contributed by atoms with van der Waals surface area (Å²) < 4.78 is 2.14. The Kier molecular flexibility index (Phi) is 4.47. The number of thiophene rings is 1. The van der Waals surface area contributed by atoms with Gasteiger partial charge in [0.2, 0.25) is 5.91 Å². The zero-order valence-electron chi connectivity index (χ0n) is 11.3. The molecule has 5 heteroatoms. The van der Waals surface area contributed by atoms with E-state index in [-0.39, 0.29) is 11.9 Å². The van der Waals surface area contributed by atoms with Gasteiger partial charge in [-0.1, -0.05) is 0 Å². The summed E-state index contributed by atoms with van der Waals surface area (Å²) in [5.74, 6) is 2.41. The van der Waals surface area contributed by atoms with Crippen molar-refractivity contribution in [1.82, 2.24) is 9.47 Å². The van der Waals surface area contributed by atoms with E-state index in [2.05, 4.69) is 21.4 Å². The van der Waals surface area contributed by atoms with Crippen LogP contribution in [0.25, 0.3) is 0 Å². The molecule has 3 heterocycles. The van der Waals surface area contributed by atoms with Gasteiger partial charge in [-0.05, 0) is 34.5 Å². The first-order valence-electron chi connectivity index (χ1n) is 6.84. The summed E-state index contributed by atoms with van der Waals surface area (Å²) in [6.45, 7) is 1.79. The van der Waals surface area contributed by atoms with Crippen LogP contribution in [-0.4, -0.2) is 40.0 Å². The largest absolute Gasteiger partial charge is 0.346 e. The van der Waals surface area contributed by atoms with Gasteiger partial charge in [-0.25, -0.2) is 0 Å². The molecule has 0 aromatic carbocycles. The van der Waals surface area contributed by atoms with Crippen molar-refractivity contribution >= 4 is 29.0 Å². The molecule has 0 bridgehead atoms. The predicted molar refractivity (Wildman–Crippen MR) is 85.4 cm³/mol. The molecule has 1 unspecified atom stereocenters. The van der Waals surface area contributed by atoms with Crippen molar-refractivity contribution in [2.24, 2.45) is 0 Å². The highest BCUT2D eigenvalue weighted by molar-refractivity contribution is 7.99. The Morgan fingerprint density at radius 1 is 1.25 bits per heavy atom. The fraction of sp³-hybridized carbons (Fsp3) is 0.400. The van der Waals surface area contributed by atoms with Gasteiger partial charge in [0, 0.05) is 37.0 Å².